The average Bonchev–Trinajstić information content (AvgIpc) is 2.84. The zero-order valence-electron chi connectivity index (χ0n) is 11.9. The average molecular weight is 431 g/mol. The van der Waals surface area contributed by atoms with Gasteiger partial charge in [0.25, 0.3) is 0 Å². The lowest BCUT2D eigenvalue weighted by Gasteiger charge is -2.28. The van der Waals surface area contributed by atoms with Gasteiger partial charge in [-0.25, -0.2) is 4.98 Å². The van der Waals surface area contributed by atoms with Crippen molar-refractivity contribution < 1.29 is 9.90 Å². The van der Waals surface area contributed by atoms with Gasteiger partial charge in [0.15, 0.2) is 5.78 Å². The Labute approximate surface area is 145 Å². The molecule has 1 aromatic carbocycles. The highest BCUT2D eigenvalue weighted by Gasteiger charge is 2.25. The first-order valence-corrected chi connectivity index (χ1v) is 8.86. The number of aliphatic hydroxyl groups excluding tert-OH is 1. The van der Waals surface area contributed by atoms with E-state index in [0.29, 0.717) is 6.42 Å². The normalized spacial score (nSPS) is 22.1. The molecule has 7 heteroatoms. The molecule has 2 N–H and O–H groups in total. The molecule has 22 heavy (non-hydrogen) atoms. The van der Waals surface area contributed by atoms with E-state index in [0.717, 1.165) is 39.4 Å². The Morgan fingerprint density at radius 3 is 2.95 bits per heavy atom. The van der Waals surface area contributed by atoms with Gasteiger partial charge >= 0.3 is 0 Å². The third-order valence-electron chi connectivity index (χ3n) is 4.01. The van der Waals surface area contributed by atoms with Crippen LogP contribution in [-0.2, 0) is 11.3 Å². The summed E-state index contributed by atoms with van der Waals surface area (Å²) in [5, 5.41) is 13.2. The zero-order valence-corrected chi connectivity index (χ0v) is 15.1. The van der Waals surface area contributed by atoms with Crippen LogP contribution in [0.3, 0.4) is 0 Å². The van der Waals surface area contributed by atoms with Crippen LogP contribution < -0.4 is 5.32 Å². The number of hydrogen-bond donors (Lipinski definition) is 2. The van der Waals surface area contributed by atoms with E-state index in [2.05, 4.69) is 42.2 Å². The summed E-state index contributed by atoms with van der Waals surface area (Å²) in [6, 6.07) is 3.75. The highest BCUT2D eigenvalue weighted by atomic mass is 79.9. The second-order valence-electron chi connectivity index (χ2n) is 5.64. The van der Waals surface area contributed by atoms with Crippen molar-refractivity contribution in [3.05, 3.63) is 27.4 Å². The minimum absolute atomic E-state index is 0.0943. The lowest BCUT2D eigenvalue weighted by Crippen LogP contribution is -2.46. The fourth-order valence-corrected chi connectivity index (χ4v) is 3.49. The van der Waals surface area contributed by atoms with Gasteiger partial charge in [0.05, 0.1) is 30.0 Å². The van der Waals surface area contributed by atoms with Crippen LogP contribution in [0.15, 0.2) is 27.4 Å². The van der Waals surface area contributed by atoms with Crippen LogP contribution >= 0.6 is 31.9 Å². The number of benzene rings is 1. The highest BCUT2D eigenvalue weighted by Crippen LogP contribution is 2.28. The Kier molecular flexibility index (Phi) is 4.97. The maximum Gasteiger partial charge on any atom is 0.154 e. The predicted molar refractivity (Wildman–Crippen MR) is 91.8 cm³/mol. The number of hydrogen-bond acceptors (Lipinski definition) is 4. The number of halogens is 2. The van der Waals surface area contributed by atoms with Crippen molar-refractivity contribution in [2.24, 2.45) is 0 Å². The standard InChI is InChI=1S/C15H17Br2N3O2/c16-10-5-12-14(6-11(10)17)20(8-19-12)7-9(21)4-13-15(22)2-1-3-18-13/h5-6,8,13,15,18,22H,1-4,7H2/t13-,15+/m1/s1. The third-order valence-corrected chi connectivity index (χ3v) is 5.85. The van der Waals surface area contributed by atoms with Crippen LogP contribution in [0, 0.1) is 0 Å². The summed E-state index contributed by atoms with van der Waals surface area (Å²) >= 11 is 6.92. The van der Waals surface area contributed by atoms with Crippen molar-refractivity contribution in [3.63, 3.8) is 0 Å². The second kappa shape index (κ2) is 6.78. The number of carbonyl (C=O) groups is 1. The quantitative estimate of drug-likeness (QED) is 0.782. The summed E-state index contributed by atoms with van der Waals surface area (Å²) in [5.74, 6) is 0.0943. The Morgan fingerprint density at radius 2 is 2.18 bits per heavy atom. The molecule has 2 aromatic rings. The van der Waals surface area contributed by atoms with Crippen molar-refractivity contribution in [3.8, 4) is 0 Å². The van der Waals surface area contributed by atoms with E-state index in [1.807, 2.05) is 16.7 Å². The molecule has 5 nitrogen and oxygen atoms in total. The Bertz CT molecular complexity index is 701. The van der Waals surface area contributed by atoms with Crippen molar-refractivity contribution in [2.75, 3.05) is 6.54 Å². The maximum atomic E-state index is 12.3. The summed E-state index contributed by atoms with van der Waals surface area (Å²) in [7, 11) is 0. The Balaban J connectivity index is 1.72. The maximum absolute atomic E-state index is 12.3. The van der Waals surface area contributed by atoms with Gasteiger partial charge in [0.2, 0.25) is 0 Å². The molecule has 1 aliphatic heterocycles. The Hall–Kier alpha value is -0.760. The number of piperidine rings is 1. The summed E-state index contributed by atoms with van der Waals surface area (Å²) in [4.78, 5) is 16.6. The lowest BCUT2D eigenvalue weighted by atomic mass is 9.97. The number of Topliss-reactive ketones (excluding diaryl/α,β-unsaturated/α-hetero) is 1. The molecule has 2 atom stereocenters. The smallest absolute Gasteiger partial charge is 0.154 e. The molecular weight excluding hydrogens is 414 g/mol. The molecule has 0 unspecified atom stereocenters. The summed E-state index contributed by atoms with van der Waals surface area (Å²) in [6.07, 6.45) is 3.33. The van der Waals surface area contributed by atoms with E-state index in [4.69, 9.17) is 0 Å². The van der Waals surface area contributed by atoms with Gasteiger partial charge in [-0.1, -0.05) is 0 Å². The zero-order chi connectivity index (χ0) is 15.7. The first-order chi connectivity index (χ1) is 10.5. The fourth-order valence-electron chi connectivity index (χ4n) is 2.82. The van der Waals surface area contributed by atoms with Gasteiger partial charge in [0.1, 0.15) is 0 Å². The predicted octanol–water partition coefficient (Wildman–Crippen LogP) is 2.63. The van der Waals surface area contributed by atoms with Gasteiger partial charge in [-0.15, -0.1) is 0 Å². The topological polar surface area (TPSA) is 67.2 Å². The van der Waals surface area contributed by atoms with Gasteiger partial charge in [-0.05, 0) is 63.4 Å². The number of nitrogens with one attached hydrogen (secondary N) is 1. The lowest BCUT2D eigenvalue weighted by molar-refractivity contribution is -0.121. The van der Waals surface area contributed by atoms with E-state index in [9.17, 15) is 9.90 Å². The number of imidazole rings is 1. The molecule has 0 saturated carbocycles. The first-order valence-electron chi connectivity index (χ1n) is 7.27. The number of aromatic nitrogens is 2. The molecule has 118 valence electrons. The number of fused-ring (bicyclic) bond motifs is 1. The monoisotopic (exact) mass is 429 g/mol. The van der Waals surface area contributed by atoms with Gasteiger partial charge < -0.3 is 15.0 Å². The molecule has 1 saturated heterocycles. The number of ketones is 1. The molecule has 2 heterocycles. The van der Waals surface area contributed by atoms with Crippen LogP contribution in [0.25, 0.3) is 11.0 Å². The minimum Gasteiger partial charge on any atom is -0.391 e. The second-order valence-corrected chi connectivity index (χ2v) is 7.35. The SMILES string of the molecule is O=C(C[C@H]1NCCC[C@@H]1O)Cn1cnc2cc(Br)c(Br)cc21. The van der Waals surface area contributed by atoms with E-state index in [1.54, 1.807) is 6.33 Å². The molecule has 3 rings (SSSR count). The van der Waals surface area contributed by atoms with Crippen molar-refractivity contribution in [1.82, 2.24) is 14.9 Å². The van der Waals surface area contributed by atoms with Crippen LogP contribution in [-0.4, -0.2) is 39.1 Å². The number of carbonyl (C=O) groups excluding carboxylic acids is 1. The van der Waals surface area contributed by atoms with Crippen LogP contribution in [0.5, 0.6) is 0 Å². The van der Waals surface area contributed by atoms with Gasteiger partial charge in [-0.3, -0.25) is 4.79 Å². The summed E-state index contributed by atoms with van der Waals surface area (Å²) < 4.78 is 3.72. The van der Waals surface area contributed by atoms with Crippen LogP contribution in [0.4, 0.5) is 0 Å². The van der Waals surface area contributed by atoms with Crippen molar-refractivity contribution in [1.29, 1.82) is 0 Å². The molecule has 0 spiro atoms. The van der Waals surface area contributed by atoms with E-state index >= 15 is 0 Å². The molecule has 0 radical (unpaired) electrons. The fraction of sp³-hybridized carbons (Fsp3) is 0.467. The molecular formula is C15H17Br2N3O2. The number of nitrogens with zero attached hydrogens (tertiary/aromatic N) is 2. The first kappa shape index (κ1) is 16.1. The van der Waals surface area contributed by atoms with Crippen LogP contribution in [0.1, 0.15) is 19.3 Å². The van der Waals surface area contributed by atoms with E-state index in [-0.39, 0.29) is 18.4 Å². The van der Waals surface area contributed by atoms with E-state index < -0.39 is 6.10 Å². The largest absolute Gasteiger partial charge is 0.391 e. The number of aliphatic hydroxyl groups is 1. The van der Waals surface area contributed by atoms with Crippen molar-refractivity contribution in [2.45, 2.75) is 38.0 Å². The highest BCUT2D eigenvalue weighted by molar-refractivity contribution is 9.13. The molecule has 0 aliphatic carbocycles. The molecule has 0 bridgehead atoms. The molecule has 0 amide bonds. The summed E-state index contributed by atoms with van der Waals surface area (Å²) in [5.41, 5.74) is 1.76. The third kappa shape index (κ3) is 3.42. The van der Waals surface area contributed by atoms with Crippen LogP contribution in [0.2, 0.25) is 0 Å². The van der Waals surface area contributed by atoms with Gasteiger partial charge in [0, 0.05) is 21.4 Å². The molecule has 1 fully saturated rings. The minimum atomic E-state index is -0.428. The molecule has 1 aliphatic rings. The van der Waals surface area contributed by atoms with Crippen molar-refractivity contribution >= 4 is 48.7 Å². The number of rotatable bonds is 4. The molecule has 1 aromatic heterocycles. The van der Waals surface area contributed by atoms with E-state index in [1.165, 1.54) is 0 Å². The van der Waals surface area contributed by atoms with Gasteiger partial charge in [-0.2, -0.15) is 0 Å². The Morgan fingerprint density at radius 1 is 1.41 bits per heavy atom. The summed E-state index contributed by atoms with van der Waals surface area (Å²) in [6.45, 7) is 1.14.